The van der Waals surface area contributed by atoms with Crippen LogP contribution in [0.25, 0.3) is 22.5 Å². The van der Waals surface area contributed by atoms with Crippen molar-refractivity contribution in [3.8, 4) is 17.2 Å². The van der Waals surface area contributed by atoms with E-state index in [1.807, 2.05) is 60.9 Å². The van der Waals surface area contributed by atoms with Crippen LogP contribution in [0, 0.1) is 13.8 Å². The Balaban J connectivity index is 1.59. The highest BCUT2D eigenvalue weighted by Gasteiger charge is 2.36. The summed E-state index contributed by atoms with van der Waals surface area (Å²) in [5.74, 6) is -0.439. The van der Waals surface area contributed by atoms with Gasteiger partial charge in [0.2, 0.25) is 0 Å². The number of hydrogen-bond acceptors (Lipinski definition) is 8. The second kappa shape index (κ2) is 12.4. The van der Waals surface area contributed by atoms with E-state index in [1.165, 1.54) is 11.3 Å². The van der Waals surface area contributed by atoms with E-state index in [0.29, 0.717) is 32.1 Å². The Labute approximate surface area is 274 Å². The van der Waals surface area contributed by atoms with Crippen LogP contribution in [0.15, 0.2) is 81.7 Å². The lowest BCUT2D eigenvalue weighted by Crippen LogP contribution is -2.40. The third-order valence-electron chi connectivity index (χ3n) is 8.37. The van der Waals surface area contributed by atoms with Crippen LogP contribution < -0.4 is 24.4 Å². The van der Waals surface area contributed by atoms with Gasteiger partial charge >= 0.3 is 11.9 Å². The fraction of sp³-hybridized carbons (Fsp3) is 0.222. The standard InChI is InChI=1S/C36H33N3O7S/c1-7-46-35(43)30-20(3)37-36-39(32(30)31-27-18-26(44-5)14-10-22(27)11-15-28(31)45-6)33(40)29(47-36)17-24-16-19(2)38(21(24)4)25-12-8-23(9-13-25)34(41)42/h8-18,32H,7H2,1-6H3,(H,41,42). The van der Waals surface area contributed by atoms with Gasteiger partial charge in [-0.2, -0.15) is 0 Å². The van der Waals surface area contributed by atoms with E-state index in [2.05, 4.69) is 0 Å². The maximum Gasteiger partial charge on any atom is 0.338 e. The predicted molar refractivity (Wildman–Crippen MR) is 180 cm³/mol. The normalized spacial score (nSPS) is 14.6. The highest BCUT2D eigenvalue weighted by atomic mass is 32.1. The molecule has 1 aliphatic rings. The first kappa shape index (κ1) is 31.6. The van der Waals surface area contributed by atoms with Crippen molar-refractivity contribution in [3.63, 3.8) is 0 Å². The predicted octanol–water partition coefficient (Wildman–Crippen LogP) is 5.07. The molecule has 5 aromatic rings. The number of allylic oxidation sites excluding steroid dienone is 1. The van der Waals surface area contributed by atoms with Gasteiger partial charge in [0.1, 0.15) is 17.5 Å². The number of fused-ring (bicyclic) bond motifs is 2. The maximum atomic E-state index is 14.4. The number of methoxy groups -OCH3 is 2. The molecule has 6 rings (SSSR count). The zero-order valence-electron chi connectivity index (χ0n) is 26.8. The van der Waals surface area contributed by atoms with E-state index in [1.54, 1.807) is 56.9 Å². The third kappa shape index (κ3) is 5.42. The van der Waals surface area contributed by atoms with Crippen LogP contribution in [0.5, 0.6) is 11.5 Å². The van der Waals surface area contributed by atoms with Crippen molar-refractivity contribution in [1.29, 1.82) is 0 Å². The first-order chi connectivity index (χ1) is 22.6. The zero-order valence-corrected chi connectivity index (χ0v) is 27.6. The fourth-order valence-corrected chi connectivity index (χ4v) is 7.22. The number of nitrogens with zero attached hydrogens (tertiary/aromatic N) is 3. The average molecular weight is 652 g/mol. The van der Waals surface area contributed by atoms with Crippen LogP contribution >= 0.6 is 11.3 Å². The van der Waals surface area contributed by atoms with Gasteiger partial charge in [-0.3, -0.25) is 9.36 Å². The minimum atomic E-state index is -0.992. The lowest BCUT2D eigenvalue weighted by molar-refractivity contribution is -0.139. The Morgan fingerprint density at radius 3 is 2.38 bits per heavy atom. The van der Waals surface area contributed by atoms with Crippen molar-refractivity contribution in [3.05, 3.63) is 120 Å². The molecule has 0 fully saturated rings. The molecule has 1 unspecified atom stereocenters. The van der Waals surface area contributed by atoms with Gasteiger partial charge in [-0.05, 0) is 98.6 Å². The number of carbonyl (C=O) groups excluding carboxylic acids is 1. The summed E-state index contributed by atoms with van der Waals surface area (Å²) in [5, 5.41) is 11.0. The van der Waals surface area contributed by atoms with Gasteiger partial charge in [0.15, 0.2) is 4.80 Å². The maximum absolute atomic E-state index is 14.4. The fourth-order valence-electron chi connectivity index (χ4n) is 6.18. The van der Waals surface area contributed by atoms with Crippen molar-refractivity contribution < 1.29 is 28.9 Å². The average Bonchev–Trinajstić information content (AvgIpc) is 3.52. The largest absolute Gasteiger partial charge is 0.497 e. The van der Waals surface area contributed by atoms with Crippen LogP contribution in [0.2, 0.25) is 0 Å². The number of carboxylic acids is 1. The molecule has 0 saturated carbocycles. The van der Waals surface area contributed by atoms with Crippen LogP contribution in [0.4, 0.5) is 0 Å². The Hall–Kier alpha value is -5.42. The van der Waals surface area contributed by atoms with Gasteiger partial charge in [-0.1, -0.05) is 23.5 Å². The second-order valence-corrected chi connectivity index (χ2v) is 12.1. The van der Waals surface area contributed by atoms with Crippen molar-refractivity contribution in [2.24, 2.45) is 4.99 Å². The smallest absolute Gasteiger partial charge is 0.338 e. The van der Waals surface area contributed by atoms with Gasteiger partial charge in [0.05, 0.1) is 42.2 Å². The molecule has 0 saturated heterocycles. The lowest BCUT2D eigenvalue weighted by Gasteiger charge is -2.27. The SMILES string of the molecule is CCOC(=O)C1=C(C)N=c2sc(=Cc3cc(C)n(-c4ccc(C(=O)O)cc4)c3C)c(=O)n2C1c1c(OC)ccc2ccc(OC)cc12. The number of thiazole rings is 1. The Morgan fingerprint density at radius 1 is 1.00 bits per heavy atom. The topological polar surface area (TPSA) is 121 Å². The highest BCUT2D eigenvalue weighted by molar-refractivity contribution is 7.07. The molecule has 0 bridgehead atoms. The molecule has 2 aromatic heterocycles. The van der Waals surface area contributed by atoms with Crippen LogP contribution in [-0.2, 0) is 9.53 Å². The Bertz CT molecular complexity index is 2290. The van der Waals surface area contributed by atoms with Crippen LogP contribution in [0.3, 0.4) is 0 Å². The summed E-state index contributed by atoms with van der Waals surface area (Å²) in [4.78, 5) is 44.6. The number of esters is 1. The molecule has 3 heterocycles. The molecular weight excluding hydrogens is 618 g/mol. The number of aromatic carboxylic acids is 1. The first-order valence-electron chi connectivity index (χ1n) is 14.9. The summed E-state index contributed by atoms with van der Waals surface area (Å²) in [7, 11) is 3.14. The molecule has 0 spiro atoms. The summed E-state index contributed by atoms with van der Waals surface area (Å²) in [5.41, 5.74) is 4.62. The quantitative estimate of drug-likeness (QED) is 0.233. The number of aryl methyl sites for hydroxylation is 1. The van der Waals surface area contributed by atoms with Crippen molar-refractivity contribution in [2.45, 2.75) is 33.7 Å². The molecule has 11 heteroatoms. The minimum Gasteiger partial charge on any atom is -0.497 e. The number of aromatic nitrogens is 2. The highest BCUT2D eigenvalue weighted by Crippen LogP contribution is 2.41. The molecular formula is C36H33N3O7S. The van der Waals surface area contributed by atoms with E-state index >= 15 is 0 Å². The second-order valence-electron chi connectivity index (χ2n) is 11.1. The number of carbonyl (C=O) groups is 2. The third-order valence-corrected chi connectivity index (χ3v) is 9.35. The summed E-state index contributed by atoms with van der Waals surface area (Å²) in [6.07, 6.45) is 1.83. The molecule has 0 radical (unpaired) electrons. The van der Waals surface area contributed by atoms with Gasteiger partial charge < -0.3 is 23.9 Å². The van der Waals surface area contributed by atoms with E-state index in [0.717, 1.165) is 33.4 Å². The number of ether oxygens (including phenoxy) is 3. The molecule has 0 amide bonds. The molecule has 0 aliphatic carbocycles. The monoisotopic (exact) mass is 651 g/mol. The lowest BCUT2D eigenvalue weighted by atomic mass is 9.90. The Kier molecular flexibility index (Phi) is 8.33. The molecule has 1 N–H and O–H groups in total. The van der Waals surface area contributed by atoms with E-state index in [4.69, 9.17) is 19.2 Å². The minimum absolute atomic E-state index is 0.155. The number of benzene rings is 3. The van der Waals surface area contributed by atoms with Gasteiger partial charge in [-0.15, -0.1) is 0 Å². The van der Waals surface area contributed by atoms with Gasteiger partial charge in [-0.25, -0.2) is 14.6 Å². The van der Waals surface area contributed by atoms with Crippen LogP contribution in [0.1, 0.15) is 52.8 Å². The molecule has 47 heavy (non-hydrogen) atoms. The van der Waals surface area contributed by atoms with E-state index in [-0.39, 0.29) is 23.3 Å². The van der Waals surface area contributed by atoms with Gasteiger partial charge in [0.25, 0.3) is 5.56 Å². The van der Waals surface area contributed by atoms with Crippen LogP contribution in [-0.4, -0.2) is 47.0 Å². The number of rotatable bonds is 8. The molecule has 1 atom stereocenters. The molecule has 240 valence electrons. The summed E-state index contributed by atoms with van der Waals surface area (Å²) in [6.45, 7) is 7.53. The van der Waals surface area contributed by atoms with Crippen molar-refractivity contribution in [1.82, 2.24) is 9.13 Å². The molecule has 3 aromatic carbocycles. The molecule has 10 nitrogen and oxygen atoms in total. The number of hydrogen-bond donors (Lipinski definition) is 1. The number of carboxylic acid groups (broad SMARTS) is 1. The molecule has 1 aliphatic heterocycles. The zero-order chi connectivity index (χ0) is 33.6. The first-order valence-corrected chi connectivity index (χ1v) is 15.8. The summed E-state index contributed by atoms with van der Waals surface area (Å²) >= 11 is 1.24. The summed E-state index contributed by atoms with van der Waals surface area (Å²) < 4.78 is 20.9. The van der Waals surface area contributed by atoms with E-state index in [9.17, 15) is 19.5 Å². The Morgan fingerprint density at radius 2 is 1.72 bits per heavy atom. The van der Waals surface area contributed by atoms with Crippen molar-refractivity contribution in [2.75, 3.05) is 20.8 Å². The van der Waals surface area contributed by atoms with Crippen molar-refractivity contribution >= 4 is 40.1 Å². The summed E-state index contributed by atoms with van der Waals surface area (Å²) in [6, 6.07) is 17.1. The van der Waals surface area contributed by atoms with E-state index < -0.39 is 18.0 Å². The van der Waals surface area contributed by atoms with Gasteiger partial charge in [0, 0.05) is 22.6 Å².